The van der Waals surface area contributed by atoms with Gasteiger partial charge in [-0.1, -0.05) is 24.3 Å². The molecular formula is C21H21N3O3S. The van der Waals surface area contributed by atoms with Crippen LogP contribution in [-0.2, 0) is 16.6 Å². The van der Waals surface area contributed by atoms with Crippen molar-refractivity contribution < 1.29 is 13.2 Å². The summed E-state index contributed by atoms with van der Waals surface area (Å²) in [5, 5.41) is 2.76. The fraction of sp³-hybridized carbons (Fsp3) is 0.143. The van der Waals surface area contributed by atoms with Gasteiger partial charge in [-0.15, -0.1) is 0 Å². The van der Waals surface area contributed by atoms with Gasteiger partial charge in [0.1, 0.15) is 0 Å². The average molecular weight is 395 g/mol. The Morgan fingerprint density at radius 2 is 1.86 bits per heavy atom. The summed E-state index contributed by atoms with van der Waals surface area (Å²) in [4.78, 5) is 16.6. The zero-order valence-electron chi connectivity index (χ0n) is 15.6. The van der Waals surface area contributed by atoms with E-state index in [9.17, 15) is 13.2 Å². The number of nitrogens with one attached hydrogen (secondary N) is 2. The summed E-state index contributed by atoms with van der Waals surface area (Å²) in [5.74, 6) is -0.285. The van der Waals surface area contributed by atoms with Gasteiger partial charge in [-0.2, -0.15) is 0 Å². The number of rotatable bonds is 6. The molecule has 2 N–H and O–H groups in total. The molecule has 144 valence electrons. The van der Waals surface area contributed by atoms with Gasteiger partial charge >= 0.3 is 0 Å². The molecule has 0 spiro atoms. The SMILES string of the molecule is Cc1ccc(C)c(S(=O)(=O)NCc2cccc(C(=O)Nc3cccnc3)c2)c1. The van der Waals surface area contributed by atoms with Crippen molar-refractivity contribution >= 4 is 21.6 Å². The van der Waals surface area contributed by atoms with Gasteiger partial charge in [-0.05, 0) is 60.9 Å². The lowest BCUT2D eigenvalue weighted by molar-refractivity contribution is 0.102. The molecule has 0 aliphatic heterocycles. The summed E-state index contributed by atoms with van der Waals surface area (Å²) in [6.45, 7) is 3.70. The van der Waals surface area contributed by atoms with Crippen LogP contribution in [0.5, 0.6) is 0 Å². The number of nitrogens with zero attached hydrogens (tertiary/aromatic N) is 1. The molecule has 0 saturated carbocycles. The lowest BCUT2D eigenvalue weighted by atomic mass is 10.1. The summed E-state index contributed by atoms with van der Waals surface area (Å²) >= 11 is 0. The summed E-state index contributed by atoms with van der Waals surface area (Å²) < 4.78 is 27.9. The standard InChI is InChI=1S/C21H21N3O3S/c1-15-8-9-16(2)20(11-15)28(26,27)23-13-17-5-3-6-18(12-17)21(25)24-19-7-4-10-22-14-19/h3-12,14,23H,13H2,1-2H3,(H,24,25). The molecular weight excluding hydrogens is 374 g/mol. The lowest BCUT2D eigenvalue weighted by Crippen LogP contribution is -2.24. The van der Waals surface area contributed by atoms with Crippen molar-refractivity contribution in [3.8, 4) is 0 Å². The van der Waals surface area contributed by atoms with E-state index in [0.717, 1.165) is 5.56 Å². The fourth-order valence-electron chi connectivity index (χ4n) is 2.72. The number of hydrogen-bond acceptors (Lipinski definition) is 4. The van der Waals surface area contributed by atoms with E-state index in [1.807, 2.05) is 13.0 Å². The van der Waals surface area contributed by atoms with E-state index in [-0.39, 0.29) is 17.3 Å². The molecule has 3 rings (SSSR count). The predicted molar refractivity (Wildman–Crippen MR) is 109 cm³/mol. The van der Waals surface area contributed by atoms with Gasteiger partial charge in [0.05, 0.1) is 16.8 Å². The van der Waals surface area contributed by atoms with Crippen LogP contribution in [0.1, 0.15) is 27.0 Å². The van der Waals surface area contributed by atoms with Crippen molar-refractivity contribution in [1.82, 2.24) is 9.71 Å². The number of amides is 1. The van der Waals surface area contributed by atoms with Gasteiger partial charge in [-0.3, -0.25) is 9.78 Å². The van der Waals surface area contributed by atoms with Crippen LogP contribution in [0.4, 0.5) is 5.69 Å². The molecule has 1 aromatic heterocycles. The van der Waals surface area contributed by atoms with E-state index in [4.69, 9.17) is 0 Å². The number of anilines is 1. The van der Waals surface area contributed by atoms with Crippen LogP contribution in [0.15, 0.2) is 71.9 Å². The maximum Gasteiger partial charge on any atom is 0.255 e. The van der Waals surface area contributed by atoms with Crippen molar-refractivity contribution in [1.29, 1.82) is 0 Å². The van der Waals surface area contributed by atoms with Crippen molar-refractivity contribution in [3.63, 3.8) is 0 Å². The Morgan fingerprint density at radius 3 is 2.61 bits per heavy atom. The highest BCUT2D eigenvalue weighted by Gasteiger charge is 2.17. The number of carbonyl (C=O) groups is 1. The molecule has 1 amide bonds. The van der Waals surface area contributed by atoms with Crippen molar-refractivity contribution in [3.05, 3.63) is 89.2 Å². The van der Waals surface area contributed by atoms with Crippen LogP contribution < -0.4 is 10.0 Å². The quantitative estimate of drug-likeness (QED) is 0.669. The first-order valence-corrected chi connectivity index (χ1v) is 10.2. The Balaban J connectivity index is 1.72. The molecule has 0 bridgehead atoms. The van der Waals surface area contributed by atoms with E-state index < -0.39 is 10.0 Å². The third kappa shape index (κ3) is 4.82. The summed E-state index contributed by atoms with van der Waals surface area (Å²) in [5.41, 5.74) is 3.27. The molecule has 0 saturated heterocycles. The molecule has 0 atom stereocenters. The second-order valence-corrected chi connectivity index (χ2v) is 8.23. The highest BCUT2D eigenvalue weighted by Crippen LogP contribution is 2.17. The largest absolute Gasteiger partial charge is 0.321 e. The number of pyridine rings is 1. The van der Waals surface area contributed by atoms with Crippen molar-refractivity contribution in [2.75, 3.05) is 5.32 Å². The topological polar surface area (TPSA) is 88.2 Å². The summed E-state index contributed by atoms with van der Waals surface area (Å²) in [6, 6.07) is 15.6. The molecule has 0 aliphatic carbocycles. The minimum atomic E-state index is -3.65. The highest BCUT2D eigenvalue weighted by molar-refractivity contribution is 7.89. The Labute approximate surface area is 164 Å². The number of sulfonamides is 1. The van der Waals surface area contributed by atoms with Gasteiger partial charge in [0.2, 0.25) is 10.0 Å². The summed E-state index contributed by atoms with van der Waals surface area (Å²) in [6.07, 6.45) is 3.18. The van der Waals surface area contributed by atoms with Gasteiger partial charge in [0, 0.05) is 18.3 Å². The fourth-order valence-corrected chi connectivity index (χ4v) is 4.06. The molecule has 2 aromatic carbocycles. The number of hydrogen-bond donors (Lipinski definition) is 2. The first kappa shape index (κ1) is 19.7. The monoisotopic (exact) mass is 395 g/mol. The third-order valence-electron chi connectivity index (χ3n) is 4.21. The zero-order chi connectivity index (χ0) is 20.1. The van der Waals surface area contributed by atoms with Crippen molar-refractivity contribution in [2.45, 2.75) is 25.3 Å². The average Bonchev–Trinajstić information content (AvgIpc) is 2.69. The summed E-state index contributed by atoms with van der Waals surface area (Å²) in [7, 11) is -3.65. The van der Waals surface area contributed by atoms with E-state index in [0.29, 0.717) is 22.4 Å². The van der Waals surface area contributed by atoms with Crippen LogP contribution in [0.2, 0.25) is 0 Å². The molecule has 0 unspecified atom stereocenters. The first-order valence-electron chi connectivity index (χ1n) is 8.72. The normalized spacial score (nSPS) is 11.2. The van der Waals surface area contributed by atoms with Gasteiger partial charge < -0.3 is 5.32 Å². The number of benzene rings is 2. The Morgan fingerprint density at radius 1 is 1.04 bits per heavy atom. The van der Waals surface area contributed by atoms with E-state index in [1.165, 1.54) is 0 Å². The molecule has 0 aliphatic rings. The number of carbonyl (C=O) groups excluding carboxylic acids is 1. The van der Waals surface area contributed by atoms with Gasteiger partial charge in [-0.25, -0.2) is 13.1 Å². The molecule has 3 aromatic rings. The van der Waals surface area contributed by atoms with Crippen molar-refractivity contribution in [2.24, 2.45) is 0 Å². The maximum absolute atomic E-state index is 12.6. The number of aromatic nitrogens is 1. The molecule has 28 heavy (non-hydrogen) atoms. The van der Waals surface area contributed by atoms with E-state index in [2.05, 4.69) is 15.0 Å². The Kier molecular flexibility index (Phi) is 5.87. The number of aryl methyl sites for hydroxylation is 2. The molecule has 0 radical (unpaired) electrons. The minimum absolute atomic E-state index is 0.0870. The highest BCUT2D eigenvalue weighted by atomic mass is 32.2. The molecule has 0 fully saturated rings. The molecule has 6 nitrogen and oxygen atoms in total. The first-order chi connectivity index (χ1) is 13.3. The van der Waals surface area contributed by atoms with E-state index in [1.54, 1.807) is 67.8 Å². The third-order valence-corrected chi connectivity index (χ3v) is 5.75. The molecule has 1 heterocycles. The van der Waals surface area contributed by atoms with Crippen LogP contribution in [-0.4, -0.2) is 19.3 Å². The Bertz CT molecular complexity index is 1100. The van der Waals surface area contributed by atoms with Crippen LogP contribution in [0, 0.1) is 13.8 Å². The smallest absolute Gasteiger partial charge is 0.255 e. The minimum Gasteiger partial charge on any atom is -0.321 e. The van der Waals surface area contributed by atoms with Crippen LogP contribution in [0.25, 0.3) is 0 Å². The lowest BCUT2D eigenvalue weighted by Gasteiger charge is -2.11. The van der Waals surface area contributed by atoms with Gasteiger partial charge in [0.25, 0.3) is 5.91 Å². The second kappa shape index (κ2) is 8.33. The molecule has 7 heteroatoms. The van der Waals surface area contributed by atoms with Gasteiger partial charge in [0.15, 0.2) is 0 Å². The zero-order valence-corrected chi connectivity index (χ0v) is 16.5. The predicted octanol–water partition coefficient (Wildman–Crippen LogP) is 3.43. The Hall–Kier alpha value is -3.03. The second-order valence-electron chi connectivity index (χ2n) is 6.49. The van der Waals surface area contributed by atoms with Crippen LogP contribution in [0.3, 0.4) is 0 Å². The van der Waals surface area contributed by atoms with Crippen LogP contribution >= 0.6 is 0 Å². The maximum atomic E-state index is 12.6. The van der Waals surface area contributed by atoms with E-state index >= 15 is 0 Å².